The molecule has 3 heteroatoms. The number of anilines is 1. The van der Waals surface area contributed by atoms with E-state index in [1.54, 1.807) is 0 Å². The average molecular weight is 297 g/mol. The molecule has 0 aliphatic carbocycles. The first-order valence-electron chi connectivity index (χ1n) is 7.81. The summed E-state index contributed by atoms with van der Waals surface area (Å²) in [6.45, 7) is 6.17. The zero-order valence-electron chi connectivity index (χ0n) is 13.2. The molecule has 2 aromatic rings. The molecule has 3 rings (SSSR count). The lowest BCUT2D eigenvalue weighted by atomic mass is 9.99. The Bertz CT molecular complexity index is 603. The molecule has 1 aliphatic heterocycles. The number of aryl methyl sites for hydroxylation is 2. The van der Waals surface area contributed by atoms with Gasteiger partial charge in [-0.15, -0.1) is 0 Å². The standard InChI is InChI=1S/C19H23NO2/c1-14-6-8-16(9-7-14)19(18-13-21-10-11-22-18)20-17-5-3-4-15(2)12-17/h3-9,12,18-20H,10-11,13H2,1-2H3. The molecule has 2 aromatic carbocycles. The maximum atomic E-state index is 5.94. The molecular weight excluding hydrogens is 274 g/mol. The van der Waals surface area contributed by atoms with Crippen molar-refractivity contribution in [3.05, 3.63) is 65.2 Å². The summed E-state index contributed by atoms with van der Waals surface area (Å²) in [4.78, 5) is 0. The smallest absolute Gasteiger partial charge is 0.105 e. The fourth-order valence-corrected chi connectivity index (χ4v) is 2.78. The largest absolute Gasteiger partial charge is 0.376 e. The number of hydrogen-bond donors (Lipinski definition) is 1. The van der Waals surface area contributed by atoms with Gasteiger partial charge in [-0.3, -0.25) is 0 Å². The lowest BCUT2D eigenvalue weighted by Gasteiger charge is -2.32. The molecule has 0 radical (unpaired) electrons. The Kier molecular flexibility index (Phi) is 4.76. The minimum atomic E-state index is 0.0250. The van der Waals surface area contributed by atoms with Crippen molar-refractivity contribution >= 4 is 5.69 Å². The molecule has 1 aliphatic rings. The highest BCUT2D eigenvalue weighted by Gasteiger charge is 2.26. The monoisotopic (exact) mass is 297 g/mol. The molecule has 0 spiro atoms. The number of nitrogens with one attached hydrogen (secondary N) is 1. The normalized spacial score (nSPS) is 19.6. The highest BCUT2D eigenvalue weighted by Crippen LogP contribution is 2.27. The molecule has 0 amide bonds. The van der Waals surface area contributed by atoms with Crippen molar-refractivity contribution in [3.8, 4) is 0 Å². The Morgan fingerprint density at radius 1 is 1.00 bits per heavy atom. The van der Waals surface area contributed by atoms with Crippen molar-refractivity contribution in [2.45, 2.75) is 26.0 Å². The van der Waals surface area contributed by atoms with Crippen LogP contribution in [0.2, 0.25) is 0 Å². The molecule has 3 nitrogen and oxygen atoms in total. The van der Waals surface area contributed by atoms with Crippen LogP contribution >= 0.6 is 0 Å². The van der Waals surface area contributed by atoms with E-state index in [1.807, 2.05) is 0 Å². The van der Waals surface area contributed by atoms with Gasteiger partial charge in [-0.1, -0.05) is 42.0 Å². The van der Waals surface area contributed by atoms with E-state index in [-0.39, 0.29) is 12.1 Å². The first-order valence-corrected chi connectivity index (χ1v) is 7.81. The SMILES string of the molecule is Cc1ccc(C(Nc2cccc(C)c2)C2COCCO2)cc1. The van der Waals surface area contributed by atoms with E-state index in [0.29, 0.717) is 19.8 Å². The predicted molar refractivity (Wildman–Crippen MR) is 89.3 cm³/mol. The number of benzene rings is 2. The molecule has 0 bridgehead atoms. The minimum absolute atomic E-state index is 0.0250. The molecule has 22 heavy (non-hydrogen) atoms. The molecule has 1 saturated heterocycles. The first kappa shape index (κ1) is 15.1. The highest BCUT2D eigenvalue weighted by atomic mass is 16.6. The Morgan fingerprint density at radius 3 is 2.50 bits per heavy atom. The van der Waals surface area contributed by atoms with Crippen molar-refractivity contribution in [2.24, 2.45) is 0 Å². The topological polar surface area (TPSA) is 30.5 Å². The summed E-state index contributed by atoms with van der Waals surface area (Å²) in [5.41, 5.74) is 4.84. The van der Waals surface area contributed by atoms with Gasteiger partial charge in [0, 0.05) is 5.69 Å². The third-order valence-electron chi connectivity index (χ3n) is 3.99. The van der Waals surface area contributed by atoms with E-state index in [9.17, 15) is 0 Å². The summed E-state index contributed by atoms with van der Waals surface area (Å²) in [6.07, 6.45) is 0.0250. The van der Waals surface area contributed by atoms with Gasteiger partial charge >= 0.3 is 0 Å². The second-order valence-corrected chi connectivity index (χ2v) is 5.89. The van der Waals surface area contributed by atoms with Gasteiger partial charge in [0.15, 0.2) is 0 Å². The summed E-state index contributed by atoms with van der Waals surface area (Å²) >= 11 is 0. The lowest BCUT2D eigenvalue weighted by Crippen LogP contribution is -2.37. The Hall–Kier alpha value is -1.84. The molecule has 116 valence electrons. The number of ether oxygens (including phenoxy) is 2. The summed E-state index contributed by atoms with van der Waals surface area (Å²) in [5.74, 6) is 0. The van der Waals surface area contributed by atoms with Gasteiger partial charge in [-0.25, -0.2) is 0 Å². The van der Waals surface area contributed by atoms with Crippen LogP contribution in [0.5, 0.6) is 0 Å². The molecule has 2 atom stereocenters. The van der Waals surface area contributed by atoms with E-state index < -0.39 is 0 Å². The van der Waals surface area contributed by atoms with Crippen molar-refractivity contribution in [1.82, 2.24) is 0 Å². The fourth-order valence-electron chi connectivity index (χ4n) is 2.78. The van der Waals surface area contributed by atoms with E-state index >= 15 is 0 Å². The van der Waals surface area contributed by atoms with E-state index in [2.05, 4.69) is 67.7 Å². The zero-order chi connectivity index (χ0) is 15.4. The lowest BCUT2D eigenvalue weighted by molar-refractivity contribution is -0.0950. The summed E-state index contributed by atoms with van der Waals surface area (Å²) in [5, 5.41) is 3.62. The summed E-state index contributed by atoms with van der Waals surface area (Å²) < 4.78 is 11.5. The second kappa shape index (κ2) is 6.95. The van der Waals surface area contributed by atoms with Crippen LogP contribution in [0, 0.1) is 13.8 Å². The first-order chi connectivity index (χ1) is 10.7. The molecule has 0 aromatic heterocycles. The van der Waals surface area contributed by atoms with Crippen molar-refractivity contribution < 1.29 is 9.47 Å². The maximum absolute atomic E-state index is 5.94. The zero-order valence-corrected chi connectivity index (χ0v) is 13.2. The van der Waals surface area contributed by atoms with E-state index in [1.165, 1.54) is 16.7 Å². The Labute approximate surface area is 132 Å². The van der Waals surface area contributed by atoms with E-state index in [0.717, 1.165) is 5.69 Å². The molecule has 1 fully saturated rings. The Balaban J connectivity index is 1.86. The quantitative estimate of drug-likeness (QED) is 0.929. The van der Waals surface area contributed by atoms with Crippen LogP contribution in [0.1, 0.15) is 22.7 Å². The molecule has 1 N–H and O–H groups in total. The number of hydrogen-bond acceptors (Lipinski definition) is 3. The van der Waals surface area contributed by atoms with Crippen LogP contribution in [0.3, 0.4) is 0 Å². The molecule has 2 unspecified atom stereocenters. The van der Waals surface area contributed by atoms with Crippen LogP contribution in [-0.2, 0) is 9.47 Å². The van der Waals surface area contributed by atoms with Gasteiger partial charge < -0.3 is 14.8 Å². The van der Waals surface area contributed by atoms with Gasteiger partial charge in [0.1, 0.15) is 6.10 Å². The van der Waals surface area contributed by atoms with Crippen LogP contribution < -0.4 is 5.32 Å². The third-order valence-corrected chi connectivity index (χ3v) is 3.99. The van der Waals surface area contributed by atoms with Crippen molar-refractivity contribution in [2.75, 3.05) is 25.1 Å². The predicted octanol–water partition coefficient (Wildman–Crippen LogP) is 3.87. The van der Waals surface area contributed by atoms with Gasteiger partial charge in [0.2, 0.25) is 0 Å². The molecular formula is C19H23NO2. The molecule has 1 heterocycles. The van der Waals surface area contributed by atoms with Crippen LogP contribution in [0.4, 0.5) is 5.69 Å². The third kappa shape index (κ3) is 3.67. The van der Waals surface area contributed by atoms with Crippen molar-refractivity contribution in [3.63, 3.8) is 0 Å². The van der Waals surface area contributed by atoms with Crippen LogP contribution in [0.25, 0.3) is 0 Å². The average Bonchev–Trinajstić information content (AvgIpc) is 2.55. The van der Waals surface area contributed by atoms with Crippen LogP contribution in [0.15, 0.2) is 48.5 Å². The molecule has 0 saturated carbocycles. The van der Waals surface area contributed by atoms with Gasteiger partial charge in [0.25, 0.3) is 0 Å². The van der Waals surface area contributed by atoms with Gasteiger partial charge in [0.05, 0.1) is 25.9 Å². The summed E-state index contributed by atoms with van der Waals surface area (Å²) in [6, 6.07) is 17.1. The Morgan fingerprint density at radius 2 is 1.82 bits per heavy atom. The van der Waals surface area contributed by atoms with Crippen LogP contribution in [-0.4, -0.2) is 25.9 Å². The van der Waals surface area contributed by atoms with Gasteiger partial charge in [-0.2, -0.15) is 0 Å². The number of rotatable bonds is 4. The van der Waals surface area contributed by atoms with Crippen molar-refractivity contribution in [1.29, 1.82) is 0 Å². The fraction of sp³-hybridized carbons (Fsp3) is 0.368. The maximum Gasteiger partial charge on any atom is 0.105 e. The van der Waals surface area contributed by atoms with E-state index in [4.69, 9.17) is 9.47 Å². The minimum Gasteiger partial charge on any atom is -0.376 e. The van der Waals surface area contributed by atoms with Gasteiger partial charge in [-0.05, 0) is 37.1 Å². The summed E-state index contributed by atoms with van der Waals surface area (Å²) in [7, 11) is 0. The second-order valence-electron chi connectivity index (χ2n) is 5.89. The highest BCUT2D eigenvalue weighted by molar-refractivity contribution is 5.48.